The predicted octanol–water partition coefficient (Wildman–Crippen LogP) is 1.38. The molecule has 0 radical (unpaired) electrons. The summed E-state index contributed by atoms with van der Waals surface area (Å²) in [6.45, 7) is 0. The van der Waals surface area contributed by atoms with E-state index in [2.05, 4.69) is 10.2 Å². The Labute approximate surface area is 62.3 Å². The summed E-state index contributed by atoms with van der Waals surface area (Å²) in [5.74, 6) is 0. The summed E-state index contributed by atoms with van der Waals surface area (Å²) in [7, 11) is 0. The summed E-state index contributed by atoms with van der Waals surface area (Å²) in [6, 6.07) is 3.78. The molecule has 0 aliphatic carbocycles. The molecular formula is C6H4ClN3. The van der Waals surface area contributed by atoms with Crippen molar-refractivity contribution >= 4 is 17.1 Å². The Morgan fingerprint density at radius 2 is 2.40 bits per heavy atom. The zero-order valence-electron chi connectivity index (χ0n) is 5.03. The molecule has 50 valence electrons. The second-order valence-corrected chi connectivity index (χ2v) is 2.28. The first-order valence-corrected chi connectivity index (χ1v) is 3.19. The van der Waals surface area contributed by atoms with E-state index in [1.807, 2.05) is 22.7 Å². The van der Waals surface area contributed by atoms with Gasteiger partial charge < -0.3 is 4.40 Å². The van der Waals surface area contributed by atoms with Crippen molar-refractivity contribution in [3.8, 4) is 0 Å². The molecule has 0 atom stereocenters. The fourth-order valence-corrected chi connectivity index (χ4v) is 1.06. The van der Waals surface area contributed by atoms with Crippen LogP contribution in [0.5, 0.6) is 0 Å². The van der Waals surface area contributed by atoms with Gasteiger partial charge in [-0.2, -0.15) is 0 Å². The second kappa shape index (κ2) is 1.95. The second-order valence-electron chi connectivity index (χ2n) is 1.92. The minimum absolute atomic E-state index is 0.438. The van der Waals surface area contributed by atoms with Crippen LogP contribution in [0.4, 0.5) is 0 Å². The molecule has 0 spiro atoms. The molecule has 2 aromatic heterocycles. The summed E-state index contributed by atoms with van der Waals surface area (Å²) < 4.78 is 1.81. The van der Waals surface area contributed by atoms with Gasteiger partial charge in [0, 0.05) is 6.20 Å². The van der Waals surface area contributed by atoms with E-state index in [1.165, 1.54) is 0 Å². The van der Waals surface area contributed by atoms with Crippen molar-refractivity contribution in [2.24, 2.45) is 0 Å². The number of halogens is 1. The van der Waals surface area contributed by atoms with Gasteiger partial charge in [-0.1, -0.05) is 11.6 Å². The van der Waals surface area contributed by atoms with Crippen LogP contribution in [0.1, 0.15) is 0 Å². The topological polar surface area (TPSA) is 30.2 Å². The van der Waals surface area contributed by atoms with E-state index in [4.69, 9.17) is 11.6 Å². The van der Waals surface area contributed by atoms with Crippen LogP contribution in [0.2, 0.25) is 5.15 Å². The first-order chi connectivity index (χ1) is 4.88. The van der Waals surface area contributed by atoms with Crippen molar-refractivity contribution in [2.45, 2.75) is 0 Å². The zero-order valence-corrected chi connectivity index (χ0v) is 5.78. The molecule has 0 aromatic carbocycles. The highest BCUT2D eigenvalue weighted by Crippen LogP contribution is 2.11. The fraction of sp³-hybridized carbons (Fsp3) is 0. The van der Waals surface area contributed by atoms with Crippen LogP contribution in [0.3, 0.4) is 0 Å². The first-order valence-electron chi connectivity index (χ1n) is 2.82. The number of fused-ring (bicyclic) bond motifs is 1. The molecule has 0 N–H and O–H groups in total. The molecule has 0 unspecified atom stereocenters. The van der Waals surface area contributed by atoms with Crippen LogP contribution in [-0.2, 0) is 0 Å². The van der Waals surface area contributed by atoms with Crippen molar-refractivity contribution < 1.29 is 0 Å². The van der Waals surface area contributed by atoms with Crippen LogP contribution in [0, 0.1) is 0 Å². The van der Waals surface area contributed by atoms with E-state index in [0.29, 0.717) is 5.15 Å². The van der Waals surface area contributed by atoms with Crippen LogP contribution in [0.15, 0.2) is 24.7 Å². The highest BCUT2D eigenvalue weighted by atomic mass is 35.5. The van der Waals surface area contributed by atoms with Gasteiger partial charge in [-0.05, 0) is 12.1 Å². The molecule has 10 heavy (non-hydrogen) atoms. The lowest BCUT2D eigenvalue weighted by Gasteiger charge is -1.91. The van der Waals surface area contributed by atoms with Crippen molar-refractivity contribution in [3.63, 3.8) is 0 Å². The Kier molecular flexibility index (Phi) is 1.11. The molecule has 0 aliphatic heterocycles. The van der Waals surface area contributed by atoms with Gasteiger partial charge in [-0.25, -0.2) is 0 Å². The maximum atomic E-state index is 5.70. The zero-order chi connectivity index (χ0) is 6.97. The molecule has 0 bridgehead atoms. The fourth-order valence-electron chi connectivity index (χ4n) is 0.853. The van der Waals surface area contributed by atoms with Crippen molar-refractivity contribution in [3.05, 3.63) is 29.8 Å². The maximum Gasteiger partial charge on any atom is 0.175 e. The molecule has 3 nitrogen and oxygen atoms in total. The van der Waals surface area contributed by atoms with Gasteiger partial charge in [-0.3, -0.25) is 0 Å². The molecule has 4 heteroatoms. The lowest BCUT2D eigenvalue weighted by Crippen LogP contribution is -1.88. The minimum Gasteiger partial charge on any atom is -0.303 e. The Morgan fingerprint density at radius 1 is 1.50 bits per heavy atom. The van der Waals surface area contributed by atoms with Crippen LogP contribution < -0.4 is 0 Å². The average molecular weight is 154 g/mol. The molecule has 0 fully saturated rings. The van der Waals surface area contributed by atoms with E-state index in [9.17, 15) is 0 Å². The summed E-state index contributed by atoms with van der Waals surface area (Å²) >= 11 is 5.70. The van der Waals surface area contributed by atoms with Gasteiger partial charge in [0.2, 0.25) is 0 Å². The maximum absolute atomic E-state index is 5.70. The van der Waals surface area contributed by atoms with Crippen molar-refractivity contribution in [1.82, 2.24) is 14.6 Å². The highest BCUT2D eigenvalue weighted by molar-refractivity contribution is 6.32. The number of nitrogens with zero attached hydrogens (tertiary/aromatic N) is 3. The van der Waals surface area contributed by atoms with Crippen LogP contribution in [0.25, 0.3) is 5.52 Å². The van der Waals surface area contributed by atoms with Gasteiger partial charge in [0.15, 0.2) is 5.15 Å². The summed E-state index contributed by atoms with van der Waals surface area (Å²) in [5.41, 5.74) is 0.886. The highest BCUT2D eigenvalue weighted by Gasteiger charge is 1.96. The first kappa shape index (κ1) is 5.68. The summed E-state index contributed by atoms with van der Waals surface area (Å²) in [4.78, 5) is 0. The summed E-state index contributed by atoms with van der Waals surface area (Å²) in [6.07, 6.45) is 3.48. The molecule has 0 amide bonds. The number of aromatic nitrogens is 3. The number of hydrogen-bond acceptors (Lipinski definition) is 2. The third-order valence-corrected chi connectivity index (χ3v) is 1.58. The lowest BCUT2D eigenvalue weighted by molar-refractivity contribution is 0.951. The monoisotopic (exact) mass is 153 g/mol. The largest absolute Gasteiger partial charge is 0.303 e. The van der Waals surface area contributed by atoms with Crippen LogP contribution in [-0.4, -0.2) is 14.6 Å². The average Bonchev–Trinajstić information content (AvgIpc) is 2.36. The van der Waals surface area contributed by atoms with E-state index in [-0.39, 0.29) is 0 Å². The SMILES string of the molecule is Clc1nncn2cccc12. The van der Waals surface area contributed by atoms with E-state index < -0.39 is 0 Å². The van der Waals surface area contributed by atoms with Gasteiger partial charge in [0.25, 0.3) is 0 Å². The molecule has 0 aliphatic rings. The standard InChI is InChI=1S/C6H4ClN3/c7-6-5-2-1-3-10(5)4-8-9-6/h1-4H. The molecule has 0 saturated heterocycles. The van der Waals surface area contributed by atoms with Gasteiger partial charge in [0.05, 0.1) is 5.52 Å². The quantitative estimate of drug-likeness (QED) is 0.573. The lowest BCUT2D eigenvalue weighted by atomic mass is 10.5. The van der Waals surface area contributed by atoms with Crippen LogP contribution >= 0.6 is 11.6 Å². The van der Waals surface area contributed by atoms with Crippen molar-refractivity contribution in [2.75, 3.05) is 0 Å². The van der Waals surface area contributed by atoms with Gasteiger partial charge in [0.1, 0.15) is 6.33 Å². The molecular weight excluding hydrogens is 150 g/mol. The molecule has 2 heterocycles. The summed E-state index contributed by atoms with van der Waals surface area (Å²) in [5, 5.41) is 7.78. The van der Waals surface area contributed by atoms with E-state index >= 15 is 0 Å². The Bertz CT molecular complexity index is 355. The van der Waals surface area contributed by atoms with Gasteiger partial charge in [-0.15, -0.1) is 10.2 Å². The van der Waals surface area contributed by atoms with Crippen molar-refractivity contribution in [1.29, 1.82) is 0 Å². The van der Waals surface area contributed by atoms with Gasteiger partial charge >= 0.3 is 0 Å². The third-order valence-electron chi connectivity index (χ3n) is 1.31. The Hall–Kier alpha value is -1.09. The number of rotatable bonds is 0. The normalized spacial score (nSPS) is 10.5. The Balaban J connectivity index is 2.95. The smallest absolute Gasteiger partial charge is 0.175 e. The third kappa shape index (κ3) is 0.675. The molecule has 2 aromatic rings. The molecule has 2 rings (SSSR count). The minimum atomic E-state index is 0.438. The van der Waals surface area contributed by atoms with E-state index in [0.717, 1.165) is 5.52 Å². The Morgan fingerprint density at radius 3 is 3.20 bits per heavy atom. The predicted molar refractivity (Wildman–Crippen MR) is 38.0 cm³/mol. The van der Waals surface area contributed by atoms with E-state index in [1.54, 1.807) is 6.33 Å². The number of hydrogen-bond donors (Lipinski definition) is 0. The molecule has 0 saturated carbocycles.